The lowest BCUT2D eigenvalue weighted by Crippen LogP contribution is -2.33. The fourth-order valence-electron chi connectivity index (χ4n) is 2.73. The monoisotopic (exact) mass is 421 g/mol. The van der Waals surface area contributed by atoms with Gasteiger partial charge in [-0.15, -0.1) is 0 Å². The average molecular weight is 423 g/mol. The summed E-state index contributed by atoms with van der Waals surface area (Å²) in [5.41, 5.74) is 1.27. The first-order chi connectivity index (χ1) is 9.65. The fraction of sp³-hybridized carbons (Fsp3) is 0.600. The van der Waals surface area contributed by atoms with Crippen molar-refractivity contribution >= 4 is 43.6 Å². The van der Waals surface area contributed by atoms with Gasteiger partial charge in [0.1, 0.15) is 5.75 Å². The normalized spacial score (nSPS) is 22.2. The molecule has 112 valence electrons. The van der Waals surface area contributed by atoms with Gasteiger partial charge in [-0.1, -0.05) is 13.3 Å². The quantitative estimate of drug-likeness (QED) is 0.697. The van der Waals surface area contributed by atoms with Crippen molar-refractivity contribution in [1.82, 2.24) is 5.32 Å². The molecule has 0 spiro atoms. The molecule has 0 aliphatic heterocycles. The Bertz CT molecular complexity index is 432. The third kappa shape index (κ3) is 4.15. The molecular weight excluding hydrogens is 402 g/mol. The number of halogens is 2. The SMILES string of the molecule is CCSC1CCCC1NCc1cc(Br)c(OC)c(Br)c1. The van der Waals surface area contributed by atoms with Crippen molar-refractivity contribution in [3.05, 3.63) is 26.6 Å². The van der Waals surface area contributed by atoms with E-state index in [9.17, 15) is 0 Å². The zero-order valence-electron chi connectivity index (χ0n) is 11.9. The minimum atomic E-state index is 0.652. The van der Waals surface area contributed by atoms with Crippen LogP contribution in [0.25, 0.3) is 0 Å². The van der Waals surface area contributed by atoms with Gasteiger partial charge < -0.3 is 10.1 Å². The van der Waals surface area contributed by atoms with Crippen molar-refractivity contribution in [2.24, 2.45) is 0 Å². The number of methoxy groups -OCH3 is 1. The van der Waals surface area contributed by atoms with Gasteiger partial charge in [-0.05, 0) is 68.2 Å². The molecule has 20 heavy (non-hydrogen) atoms. The van der Waals surface area contributed by atoms with Crippen molar-refractivity contribution in [2.75, 3.05) is 12.9 Å². The van der Waals surface area contributed by atoms with Gasteiger partial charge in [-0.3, -0.25) is 0 Å². The van der Waals surface area contributed by atoms with E-state index < -0.39 is 0 Å². The molecule has 2 atom stereocenters. The molecule has 1 saturated carbocycles. The average Bonchev–Trinajstić information content (AvgIpc) is 2.84. The Morgan fingerprint density at radius 1 is 1.30 bits per heavy atom. The zero-order valence-corrected chi connectivity index (χ0v) is 15.9. The number of ether oxygens (including phenoxy) is 1. The minimum Gasteiger partial charge on any atom is -0.494 e. The number of thioether (sulfide) groups is 1. The number of rotatable bonds is 6. The summed E-state index contributed by atoms with van der Waals surface area (Å²) < 4.78 is 7.33. The highest BCUT2D eigenvalue weighted by Gasteiger charge is 2.26. The second kappa shape index (κ2) is 8.06. The van der Waals surface area contributed by atoms with Crippen LogP contribution in [0.4, 0.5) is 0 Å². The number of hydrogen-bond acceptors (Lipinski definition) is 3. The summed E-state index contributed by atoms with van der Waals surface area (Å²) in [7, 11) is 1.69. The first kappa shape index (κ1) is 16.7. The van der Waals surface area contributed by atoms with Crippen molar-refractivity contribution < 1.29 is 4.74 Å². The molecule has 2 nitrogen and oxygen atoms in total. The summed E-state index contributed by atoms with van der Waals surface area (Å²) in [5, 5.41) is 4.50. The molecule has 2 rings (SSSR count). The molecule has 0 bridgehead atoms. The Labute approximate surface area is 142 Å². The lowest BCUT2D eigenvalue weighted by Gasteiger charge is -2.20. The van der Waals surface area contributed by atoms with Crippen LogP contribution >= 0.6 is 43.6 Å². The largest absolute Gasteiger partial charge is 0.494 e. The number of nitrogens with one attached hydrogen (secondary N) is 1. The van der Waals surface area contributed by atoms with Gasteiger partial charge in [0.2, 0.25) is 0 Å². The van der Waals surface area contributed by atoms with E-state index in [4.69, 9.17) is 4.74 Å². The van der Waals surface area contributed by atoms with E-state index in [1.807, 2.05) is 0 Å². The fourth-order valence-corrected chi connectivity index (χ4v) is 5.56. The highest BCUT2D eigenvalue weighted by atomic mass is 79.9. The van der Waals surface area contributed by atoms with Crippen LogP contribution in [0.5, 0.6) is 5.75 Å². The lowest BCUT2D eigenvalue weighted by atomic mass is 10.2. The van der Waals surface area contributed by atoms with Crippen molar-refractivity contribution in [1.29, 1.82) is 0 Å². The van der Waals surface area contributed by atoms with E-state index >= 15 is 0 Å². The third-order valence-electron chi connectivity index (χ3n) is 3.66. The van der Waals surface area contributed by atoms with Crippen LogP contribution in [0.2, 0.25) is 0 Å². The van der Waals surface area contributed by atoms with Gasteiger partial charge in [-0.2, -0.15) is 11.8 Å². The molecule has 0 saturated heterocycles. The molecule has 0 amide bonds. The molecule has 1 fully saturated rings. The van der Waals surface area contributed by atoms with E-state index in [1.165, 1.54) is 30.6 Å². The Hall–Kier alpha value is 0.290. The van der Waals surface area contributed by atoms with E-state index in [0.717, 1.165) is 26.5 Å². The molecule has 1 aliphatic rings. The Morgan fingerprint density at radius 2 is 2.00 bits per heavy atom. The topological polar surface area (TPSA) is 21.3 Å². The maximum absolute atomic E-state index is 5.34. The molecule has 0 aromatic heterocycles. The highest BCUT2D eigenvalue weighted by molar-refractivity contribution is 9.11. The molecular formula is C15H21Br2NOS. The lowest BCUT2D eigenvalue weighted by molar-refractivity contribution is 0.409. The molecule has 1 aromatic rings. The zero-order chi connectivity index (χ0) is 14.5. The molecule has 1 aliphatic carbocycles. The van der Waals surface area contributed by atoms with Crippen molar-refractivity contribution in [2.45, 2.75) is 44.0 Å². The smallest absolute Gasteiger partial charge is 0.147 e. The summed E-state index contributed by atoms with van der Waals surface area (Å²) in [6, 6.07) is 4.92. The van der Waals surface area contributed by atoms with Crippen molar-refractivity contribution in [3.63, 3.8) is 0 Å². The van der Waals surface area contributed by atoms with E-state index in [2.05, 4.69) is 68.0 Å². The van der Waals surface area contributed by atoms with Gasteiger partial charge in [-0.25, -0.2) is 0 Å². The van der Waals surface area contributed by atoms with Crippen molar-refractivity contribution in [3.8, 4) is 5.75 Å². The second-order valence-corrected chi connectivity index (χ2v) is 8.23. The molecule has 0 radical (unpaired) electrons. The van der Waals surface area contributed by atoms with E-state index in [-0.39, 0.29) is 0 Å². The number of benzene rings is 1. The molecule has 0 heterocycles. The Balaban J connectivity index is 1.97. The summed E-state index contributed by atoms with van der Waals surface area (Å²) in [6.45, 7) is 3.16. The molecule has 5 heteroatoms. The predicted octanol–water partition coefficient (Wildman–Crippen LogP) is 4.98. The minimum absolute atomic E-state index is 0.652. The summed E-state index contributed by atoms with van der Waals surface area (Å²) in [4.78, 5) is 0. The first-order valence-electron chi connectivity index (χ1n) is 7.02. The molecule has 2 unspecified atom stereocenters. The van der Waals surface area contributed by atoms with Crippen LogP contribution in [-0.4, -0.2) is 24.2 Å². The van der Waals surface area contributed by atoms with E-state index in [1.54, 1.807) is 7.11 Å². The molecule has 1 aromatic carbocycles. The van der Waals surface area contributed by atoms with Gasteiger partial charge in [0.15, 0.2) is 0 Å². The van der Waals surface area contributed by atoms with Crippen LogP contribution in [0.3, 0.4) is 0 Å². The van der Waals surface area contributed by atoms with Gasteiger partial charge >= 0.3 is 0 Å². The summed E-state index contributed by atoms with van der Waals surface area (Å²) in [5.74, 6) is 2.07. The van der Waals surface area contributed by atoms with Gasteiger partial charge in [0.25, 0.3) is 0 Å². The summed E-state index contributed by atoms with van der Waals surface area (Å²) in [6.07, 6.45) is 4.01. The predicted molar refractivity (Wildman–Crippen MR) is 94.8 cm³/mol. The maximum atomic E-state index is 5.34. The van der Waals surface area contributed by atoms with E-state index in [0.29, 0.717) is 6.04 Å². The maximum Gasteiger partial charge on any atom is 0.147 e. The van der Waals surface area contributed by atoms with Crippen LogP contribution in [0.1, 0.15) is 31.7 Å². The second-order valence-electron chi connectivity index (χ2n) is 5.00. The van der Waals surface area contributed by atoms with Gasteiger partial charge in [0, 0.05) is 17.8 Å². The van der Waals surface area contributed by atoms with Crippen LogP contribution in [0.15, 0.2) is 21.1 Å². The standard InChI is InChI=1S/C15H21Br2NOS/c1-3-20-14-6-4-5-13(14)18-9-10-7-11(16)15(19-2)12(17)8-10/h7-8,13-14,18H,3-6,9H2,1-2H3. The summed E-state index contributed by atoms with van der Waals surface area (Å²) >= 11 is 9.22. The van der Waals surface area contributed by atoms with Crippen LogP contribution in [-0.2, 0) is 6.54 Å². The van der Waals surface area contributed by atoms with Crippen LogP contribution in [0, 0.1) is 0 Å². The third-order valence-corrected chi connectivity index (χ3v) is 6.17. The number of hydrogen-bond donors (Lipinski definition) is 1. The van der Waals surface area contributed by atoms with Gasteiger partial charge in [0.05, 0.1) is 16.1 Å². The Morgan fingerprint density at radius 3 is 2.60 bits per heavy atom. The Kier molecular flexibility index (Phi) is 6.72. The highest BCUT2D eigenvalue weighted by Crippen LogP contribution is 2.35. The van der Waals surface area contributed by atoms with Crippen LogP contribution < -0.4 is 10.1 Å². The first-order valence-corrected chi connectivity index (χ1v) is 9.66. The molecule has 1 N–H and O–H groups in total.